The third kappa shape index (κ3) is 2.26. The number of aromatic nitrogens is 4. The van der Waals surface area contributed by atoms with Crippen LogP contribution in [0.3, 0.4) is 0 Å². The number of rotatable bonds is 2. The maximum absolute atomic E-state index is 4.51. The molecule has 3 rings (SSSR count). The molecule has 0 aliphatic carbocycles. The van der Waals surface area contributed by atoms with E-state index in [0.29, 0.717) is 6.04 Å². The summed E-state index contributed by atoms with van der Waals surface area (Å²) in [5.74, 6) is 0.720. The van der Waals surface area contributed by atoms with Gasteiger partial charge in [0.05, 0.1) is 6.04 Å². The van der Waals surface area contributed by atoms with E-state index < -0.39 is 0 Å². The summed E-state index contributed by atoms with van der Waals surface area (Å²) >= 11 is 0. The molecule has 2 aromatic rings. The van der Waals surface area contributed by atoms with Crippen LogP contribution in [0.4, 0.5) is 0 Å². The molecule has 0 atom stereocenters. The summed E-state index contributed by atoms with van der Waals surface area (Å²) in [4.78, 5) is 1.78. The van der Waals surface area contributed by atoms with Crippen molar-refractivity contribution in [1.29, 1.82) is 0 Å². The van der Waals surface area contributed by atoms with Gasteiger partial charge < -0.3 is 5.32 Å². The molecule has 0 amide bonds. The lowest BCUT2D eigenvalue weighted by Gasteiger charge is -2.20. The van der Waals surface area contributed by atoms with Gasteiger partial charge in [-0.3, -0.25) is 0 Å². The molecule has 1 aromatic carbocycles. The van der Waals surface area contributed by atoms with Crippen LogP contribution < -0.4 is 5.32 Å². The predicted octanol–water partition coefficient (Wildman–Crippen LogP) is 1.57. The molecular weight excluding hydrogens is 226 g/mol. The lowest BCUT2D eigenvalue weighted by molar-refractivity contribution is 0.309. The van der Waals surface area contributed by atoms with Gasteiger partial charge in [-0.25, -0.2) is 0 Å². The summed E-state index contributed by atoms with van der Waals surface area (Å²) < 4.78 is 0. The standard InChI is InChI=1S/C13H17N5/c1-10-3-2-4-11(9-10)13-15-17-18(16-13)12-5-7-14-8-6-12/h2-4,9,12,14H,5-8H2,1H3. The molecule has 1 aliphatic heterocycles. The van der Waals surface area contributed by atoms with Crippen molar-refractivity contribution in [2.24, 2.45) is 0 Å². The fraction of sp³-hybridized carbons (Fsp3) is 0.462. The number of hydrogen-bond acceptors (Lipinski definition) is 4. The monoisotopic (exact) mass is 243 g/mol. The van der Waals surface area contributed by atoms with Gasteiger partial charge in [0.15, 0.2) is 0 Å². The van der Waals surface area contributed by atoms with E-state index in [4.69, 9.17) is 0 Å². The molecule has 0 spiro atoms. The van der Waals surface area contributed by atoms with Gasteiger partial charge in [-0.1, -0.05) is 23.8 Å². The summed E-state index contributed by atoms with van der Waals surface area (Å²) in [5, 5.41) is 16.2. The van der Waals surface area contributed by atoms with Crippen LogP contribution in [0.2, 0.25) is 0 Å². The van der Waals surface area contributed by atoms with Crippen molar-refractivity contribution in [3.05, 3.63) is 29.8 Å². The quantitative estimate of drug-likeness (QED) is 0.870. The Balaban J connectivity index is 1.84. The largest absolute Gasteiger partial charge is 0.317 e. The van der Waals surface area contributed by atoms with Crippen molar-refractivity contribution in [2.45, 2.75) is 25.8 Å². The lowest BCUT2D eigenvalue weighted by Crippen LogP contribution is -2.30. The summed E-state index contributed by atoms with van der Waals surface area (Å²) in [5.41, 5.74) is 2.25. The second-order valence-electron chi connectivity index (χ2n) is 4.78. The molecule has 0 unspecified atom stereocenters. The van der Waals surface area contributed by atoms with E-state index in [1.807, 2.05) is 12.1 Å². The van der Waals surface area contributed by atoms with E-state index in [1.54, 1.807) is 4.80 Å². The zero-order valence-electron chi connectivity index (χ0n) is 10.5. The Morgan fingerprint density at radius 3 is 2.89 bits per heavy atom. The van der Waals surface area contributed by atoms with E-state index in [-0.39, 0.29) is 0 Å². The number of benzene rings is 1. The third-order valence-electron chi connectivity index (χ3n) is 3.34. The summed E-state index contributed by atoms with van der Waals surface area (Å²) in [6.07, 6.45) is 2.15. The van der Waals surface area contributed by atoms with E-state index in [0.717, 1.165) is 37.3 Å². The van der Waals surface area contributed by atoms with Crippen LogP contribution in [0.25, 0.3) is 11.4 Å². The summed E-state index contributed by atoms with van der Waals surface area (Å²) in [7, 11) is 0. The predicted molar refractivity (Wildman–Crippen MR) is 69.1 cm³/mol. The Hall–Kier alpha value is -1.75. The molecule has 1 aromatic heterocycles. The van der Waals surface area contributed by atoms with E-state index in [2.05, 4.69) is 39.8 Å². The van der Waals surface area contributed by atoms with Gasteiger partial charge in [0.1, 0.15) is 0 Å². The first-order chi connectivity index (χ1) is 8.83. The highest BCUT2D eigenvalue weighted by Gasteiger charge is 2.18. The Morgan fingerprint density at radius 1 is 1.28 bits per heavy atom. The molecule has 94 valence electrons. The van der Waals surface area contributed by atoms with Crippen LogP contribution >= 0.6 is 0 Å². The Kier molecular flexibility index (Phi) is 3.06. The molecule has 0 saturated carbocycles. The zero-order valence-corrected chi connectivity index (χ0v) is 10.5. The third-order valence-corrected chi connectivity index (χ3v) is 3.34. The number of aryl methyl sites for hydroxylation is 1. The molecule has 1 aliphatic rings. The number of nitrogens with one attached hydrogen (secondary N) is 1. The Bertz CT molecular complexity index is 528. The first kappa shape index (κ1) is 11.3. The number of piperidine rings is 1. The second kappa shape index (κ2) is 4.86. The van der Waals surface area contributed by atoms with Crippen molar-refractivity contribution in [2.75, 3.05) is 13.1 Å². The second-order valence-corrected chi connectivity index (χ2v) is 4.78. The summed E-state index contributed by atoms with van der Waals surface area (Å²) in [6, 6.07) is 8.59. The van der Waals surface area contributed by atoms with Gasteiger partial charge in [-0.05, 0) is 44.1 Å². The molecule has 1 N–H and O–H groups in total. The number of nitrogens with zero attached hydrogens (tertiary/aromatic N) is 4. The smallest absolute Gasteiger partial charge is 0.204 e. The average molecular weight is 243 g/mol. The van der Waals surface area contributed by atoms with Crippen LogP contribution in [0, 0.1) is 6.92 Å². The normalized spacial score (nSPS) is 16.9. The van der Waals surface area contributed by atoms with Gasteiger partial charge in [-0.15, -0.1) is 10.2 Å². The van der Waals surface area contributed by atoms with Crippen molar-refractivity contribution >= 4 is 0 Å². The summed E-state index contributed by atoms with van der Waals surface area (Å²) in [6.45, 7) is 4.14. The highest BCUT2D eigenvalue weighted by molar-refractivity contribution is 5.54. The SMILES string of the molecule is Cc1cccc(-c2nnn(C3CCNCC3)n2)c1. The lowest BCUT2D eigenvalue weighted by atomic mass is 10.1. The van der Waals surface area contributed by atoms with Crippen LogP contribution in [-0.4, -0.2) is 33.3 Å². The fourth-order valence-electron chi connectivity index (χ4n) is 2.32. The molecule has 0 bridgehead atoms. The highest BCUT2D eigenvalue weighted by atomic mass is 15.6. The first-order valence-electron chi connectivity index (χ1n) is 6.40. The first-order valence-corrected chi connectivity index (χ1v) is 6.40. The van der Waals surface area contributed by atoms with Gasteiger partial charge >= 0.3 is 0 Å². The topological polar surface area (TPSA) is 55.6 Å². The average Bonchev–Trinajstić information content (AvgIpc) is 2.89. The van der Waals surface area contributed by atoms with Crippen molar-refractivity contribution in [1.82, 2.24) is 25.5 Å². The van der Waals surface area contributed by atoms with Crippen LogP contribution in [0.5, 0.6) is 0 Å². The zero-order chi connectivity index (χ0) is 12.4. The molecular formula is C13H17N5. The molecule has 0 radical (unpaired) electrons. The number of hydrogen-bond donors (Lipinski definition) is 1. The minimum atomic E-state index is 0.386. The van der Waals surface area contributed by atoms with Crippen molar-refractivity contribution < 1.29 is 0 Å². The minimum absolute atomic E-state index is 0.386. The minimum Gasteiger partial charge on any atom is -0.317 e. The van der Waals surface area contributed by atoms with Crippen LogP contribution in [0.1, 0.15) is 24.4 Å². The Morgan fingerprint density at radius 2 is 2.11 bits per heavy atom. The highest BCUT2D eigenvalue weighted by Crippen LogP contribution is 2.19. The van der Waals surface area contributed by atoms with Crippen LogP contribution in [0.15, 0.2) is 24.3 Å². The maximum Gasteiger partial charge on any atom is 0.204 e. The molecule has 2 heterocycles. The van der Waals surface area contributed by atoms with Crippen molar-refractivity contribution in [3.63, 3.8) is 0 Å². The van der Waals surface area contributed by atoms with Crippen molar-refractivity contribution in [3.8, 4) is 11.4 Å². The van der Waals surface area contributed by atoms with E-state index in [9.17, 15) is 0 Å². The molecule has 18 heavy (non-hydrogen) atoms. The Labute approximate surface area is 106 Å². The van der Waals surface area contributed by atoms with Crippen LogP contribution in [-0.2, 0) is 0 Å². The van der Waals surface area contributed by atoms with Gasteiger partial charge in [0.2, 0.25) is 5.82 Å². The van der Waals surface area contributed by atoms with E-state index >= 15 is 0 Å². The van der Waals surface area contributed by atoms with E-state index in [1.165, 1.54) is 5.56 Å². The molecule has 1 fully saturated rings. The van der Waals surface area contributed by atoms with Gasteiger partial charge in [-0.2, -0.15) is 4.80 Å². The number of tetrazole rings is 1. The van der Waals surface area contributed by atoms with Gasteiger partial charge in [0, 0.05) is 5.56 Å². The maximum atomic E-state index is 4.51. The fourth-order valence-corrected chi connectivity index (χ4v) is 2.32. The molecule has 1 saturated heterocycles. The van der Waals surface area contributed by atoms with Gasteiger partial charge in [0.25, 0.3) is 0 Å². The molecule has 5 heteroatoms. The molecule has 5 nitrogen and oxygen atoms in total.